The zero-order valence-electron chi connectivity index (χ0n) is 11.2. The van der Waals surface area contributed by atoms with E-state index in [1.54, 1.807) is 0 Å². The van der Waals surface area contributed by atoms with Crippen LogP contribution in [0.4, 0.5) is 0 Å². The molecule has 0 bridgehead atoms. The fourth-order valence-corrected chi connectivity index (χ4v) is 3.54. The largest absolute Gasteiger partial charge is 0.269 e. The van der Waals surface area contributed by atoms with Gasteiger partial charge in [0.2, 0.25) is 0 Å². The summed E-state index contributed by atoms with van der Waals surface area (Å²) in [7, 11) is 0. The Balaban J connectivity index is 1.83. The average Bonchev–Trinajstić information content (AvgIpc) is 2.88. The zero-order chi connectivity index (χ0) is 13.2. The zero-order valence-corrected chi connectivity index (χ0v) is 13.4. The summed E-state index contributed by atoms with van der Waals surface area (Å²) in [6, 6.07) is 9.20. The lowest BCUT2D eigenvalue weighted by Crippen LogP contribution is -2.17. The van der Waals surface area contributed by atoms with Gasteiger partial charge in [-0.2, -0.15) is 5.10 Å². The van der Waals surface area contributed by atoms with Crippen molar-refractivity contribution in [3.8, 4) is 11.1 Å². The highest BCUT2D eigenvalue weighted by atomic mass is 127. The number of hydrogen-bond donors (Lipinski definition) is 0. The molecule has 2 unspecified atom stereocenters. The molecule has 2 aromatic rings. The summed E-state index contributed by atoms with van der Waals surface area (Å²) < 4.78 is 3.46. The molecule has 1 heterocycles. The molecular formula is C16H19IN2. The molecule has 0 aliphatic heterocycles. The maximum atomic E-state index is 4.59. The van der Waals surface area contributed by atoms with E-state index in [1.807, 2.05) is 6.20 Å². The average molecular weight is 366 g/mol. The van der Waals surface area contributed by atoms with Crippen LogP contribution in [0.5, 0.6) is 0 Å². The van der Waals surface area contributed by atoms with Gasteiger partial charge in [-0.1, -0.05) is 31.9 Å². The summed E-state index contributed by atoms with van der Waals surface area (Å²) in [5.41, 5.74) is 2.50. The lowest BCUT2D eigenvalue weighted by Gasteiger charge is -2.26. The predicted molar refractivity (Wildman–Crippen MR) is 87.0 cm³/mol. The maximum Gasteiger partial charge on any atom is 0.0568 e. The molecule has 1 aromatic heterocycles. The van der Waals surface area contributed by atoms with E-state index in [4.69, 9.17) is 0 Å². The summed E-state index contributed by atoms with van der Waals surface area (Å²) in [4.78, 5) is 0. The van der Waals surface area contributed by atoms with Gasteiger partial charge >= 0.3 is 0 Å². The highest BCUT2D eigenvalue weighted by molar-refractivity contribution is 14.1. The van der Waals surface area contributed by atoms with Crippen molar-refractivity contribution in [2.24, 2.45) is 5.92 Å². The van der Waals surface area contributed by atoms with Gasteiger partial charge in [-0.3, -0.25) is 4.68 Å². The van der Waals surface area contributed by atoms with Gasteiger partial charge in [0.1, 0.15) is 0 Å². The lowest BCUT2D eigenvalue weighted by atomic mass is 9.87. The minimum absolute atomic E-state index is 0.597. The van der Waals surface area contributed by atoms with Crippen molar-refractivity contribution >= 4 is 22.6 Å². The molecular weight excluding hydrogens is 347 g/mol. The van der Waals surface area contributed by atoms with E-state index in [0.717, 1.165) is 5.92 Å². The van der Waals surface area contributed by atoms with Gasteiger partial charge in [0.25, 0.3) is 0 Å². The Hall–Kier alpha value is -0.840. The minimum atomic E-state index is 0.597. The first-order chi connectivity index (χ1) is 9.22. The standard InChI is InChI=1S/C16H19IN2/c1-12-4-2-7-16(8-12)19-11-14(10-18-19)13-5-3-6-15(17)9-13/h3,5-6,9-12,16H,2,4,7-8H2,1H3. The monoisotopic (exact) mass is 366 g/mol. The topological polar surface area (TPSA) is 17.8 Å². The van der Waals surface area contributed by atoms with E-state index < -0.39 is 0 Å². The third-order valence-corrected chi connectivity index (χ3v) is 4.71. The molecule has 1 fully saturated rings. The first kappa shape index (κ1) is 13.2. The maximum absolute atomic E-state index is 4.59. The molecule has 0 saturated heterocycles. The van der Waals surface area contributed by atoms with Gasteiger partial charge in [0, 0.05) is 15.3 Å². The first-order valence-electron chi connectivity index (χ1n) is 7.02. The number of benzene rings is 1. The summed E-state index contributed by atoms with van der Waals surface area (Å²) in [5.74, 6) is 0.837. The Bertz CT molecular complexity index is 561. The molecule has 1 aliphatic carbocycles. The molecule has 0 spiro atoms. The van der Waals surface area contributed by atoms with Gasteiger partial charge in [0.15, 0.2) is 0 Å². The number of rotatable bonds is 2. The van der Waals surface area contributed by atoms with E-state index in [0.29, 0.717) is 6.04 Å². The molecule has 100 valence electrons. The second kappa shape index (κ2) is 5.65. The van der Waals surface area contributed by atoms with Crippen molar-refractivity contribution in [2.75, 3.05) is 0 Å². The van der Waals surface area contributed by atoms with E-state index in [9.17, 15) is 0 Å². The van der Waals surface area contributed by atoms with Crippen LogP contribution in [-0.2, 0) is 0 Å². The molecule has 1 aliphatic rings. The van der Waals surface area contributed by atoms with Crippen LogP contribution in [0.3, 0.4) is 0 Å². The van der Waals surface area contributed by atoms with Crippen LogP contribution < -0.4 is 0 Å². The normalized spacial score (nSPS) is 23.5. The fraction of sp³-hybridized carbons (Fsp3) is 0.438. The fourth-order valence-electron chi connectivity index (χ4n) is 3.00. The molecule has 19 heavy (non-hydrogen) atoms. The Kier molecular flexibility index (Phi) is 3.91. The highest BCUT2D eigenvalue weighted by Crippen LogP contribution is 2.32. The number of halogens is 1. The summed E-state index contributed by atoms with van der Waals surface area (Å²) in [6.45, 7) is 2.36. The molecule has 0 radical (unpaired) electrons. The Morgan fingerprint density at radius 1 is 1.26 bits per heavy atom. The number of aromatic nitrogens is 2. The van der Waals surface area contributed by atoms with Gasteiger partial charge in [0.05, 0.1) is 12.2 Å². The van der Waals surface area contributed by atoms with E-state index in [1.165, 1.54) is 40.4 Å². The molecule has 2 nitrogen and oxygen atoms in total. The Labute approximate surface area is 128 Å². The second-order valence-electron chi connectivity index (χ2n) is 5.64. The van der Waals surface area contributed by atoms with Crippen molar-refractivity contribution in [1.29, 1.82) is 0 Å². The molecule has 1 aromatic carbocycles. The quantitative estimate of drug-likeness (QED) is 0.691. The van der Waals surface area contributed by atoms with E-state index >= 15 is 0 Å². The Morgan fingerprint density at radius 3 is 2.95 bits per heavy atom. The smallest absolute Gasteiger partial charge is 0.0568 e. The molecule has 0 N–H and O–H groups in total. The van der Waals surface area contributed by atoms with Crippen molar-refractivity contribution in [3.05, 3.63) is 40.2 Å². The molecule has 3 rings (SSSR count). The van der Waals surface area contributed by atoms with Crippen molar-refractivity contribution in [1.82, 2.24) is 9.78 Å². The molecule has 3 heteroatoms. The van der Waals surface area contributed by atoms with Crippen molar-refractivity contribution in [3.63, 3.8) is 0 Å². The first-order valence-corrected chi connectivity index (χ1v) is 8.10. The van der Waals surface area contributed by atoms with Gasteiger partial charge in [-0.25, -0.2) is 0 Å². The van der Waals surface area contributed by atoms with Crippen LogP contribution in [-0.4, -0.2) is 9.78 Å². The van der Waals surface area contributed by atoms with E-state index in [-0.39, 0.29) is 0 Å². The van der Waals surface area contributed by atoms with Crippen molar-refractivity contribution < 1.29 is 0 Å². The van der Waals surface area contributed by atoms with E-state index in [2.05, 4.69) is 69.8 Å². The second-order valence-corrected chi connectivity index (χ2v) is 6.89. The summed E-state index contributed by atoms with van der Waals surface area (Å²) in [5, 5.41) is 4.59. The summed E-state index contributed by atoms with van der Waals surface area (Å²) in [6.07, 6.45) is 9.48. The van der Waals surface area contributed by atoms with Crippen LogP contribution in [0.2, 0.25) is 0 Å². The van der Waals surface area contributed by atoms with Crippen LogP contribution in [0.15, 0.2) is 36.7 Å². The van der Waals surface area contributed by atoms with Crippen LogP contribution >= 0.6 is 22.6 Å². The lowest BCUT2D eigenvalue weighted by molar-refractivity contribution is 0.266. The molecule has 0 amide bonds. The number of hydrogen-bond acceptors (Lipinski definition) is 1. The van der Waals surface area contributed by atoms with Crippen molar-refractivity contribution in [2.45, 2.75) is 38.6 Å². The van der Waals surface area contributed by atoms with Gasteiger partial charge in [-0.05, 0) is 59.0 Å². The molecule has 1 saturated carbocycles. The van der Waals surface area contributed by atoms with Gasteiger partial charge in [-0.15, -0.1) is 0 Å². The third-order valence-electron chi connectivity index (χ3n) is 4.04. The van der Waals surface area contributed by atoms with Crippen LogP contribution in [0, 0.1) is 9.49 Å². The van der Waals surface area contributed by atoms with Gasteiger partial charge < -0.3 is 0 Å². The molecule has 2 atom stereocenters. The Morgan fingerprint density at radius 2 is 2.16 bits per heavy atom. The SMILES string of the molecule is CC1CCCC(n2cc(-c3cccc(I)c3)cn2)C1. The van der Waals surface area contributed by atoms with Crippen LogP contribution in [0.1, 0.15) is 38.6 Å². The number of nitrogens with zero attached hydrogens (tertiary/aromatic N) is 2. The highest BCUT2D eigenvalue weighted by Gasteiger charge is 2.20. The van der Waals surface area contributed by atoms with Crippen LogP contribution in [0.25, 0.3) is 11.1 Å². The summed E-state index contributed by atoms with van der Waals surface area (Å²) >= 11 is 2.36. The predicted octanol–water partition coefficient (Wildman–Crippen LogP) is 4.91. The third kappa shape index (κ3) is 3.02. The minimum Gasteiger partial charge on any atom is -0.269 e.